The topological polar surface area (TPSA) is 101 Å². The molecule has 0 atom stereocenters. The molecule has 0 unspecified atom stereocenters. The molecule has 2 fully saturated rings. The summed E-state index contributed by atoms with van der Waals surface area (Å²) >= 11 is 1.35. The second-order valence-corrected chi connectivity index (χ2v) is 12.0. The Hall–Kier alpha value is -3.50. The average Bonchev–Trinajstić information content (AvgIpc) is 3.37. The molecule has 5 rings (SSSR count). The summed E-state index contributed by atoms with van der Waals surface area (Å²) in [6.45, 7) is 2.54. The fourth-order valence-corrected chi connectivity index (χ4v) is 6.46. The van der Waals surface area contributed by atoms with Gasteiger partial charge in [-0.2, -0.15) is 26.3 Å². The Morgan fingerprint density at radius 3 is 2.34 bits per heavy atom. The number of carbonyl (C=O) groups is 1. The van der Waals surface area contributed by atoms with Crippen molar-refractivity contribution in [1.29, 1.82) is 0 Å². The first-order valence-corrected chi connectivity index (χ1v) is 14.8. The maximum Gasteiger partial charge on any atom is 0.423 e. The fraction of sp³-hybridized carbons (Fsp3) is 0.500. The number of ether oxygens (including phenoxy) is 1. The van der Waals surface area contributed by atoms with Crippen LogP contribution >= 0.6 is 11.3 Å². The van der Waals surface area contributed by atoms with Crippen molar-refractivity contribution in [3.63, 3.8) is 0 Å². The Kier molecular flexibility index (Phi) is 9.32. The number of hydrogen-bond acceptors (Lipinski definition) is 8. The van der Waals surface area contributed by atoms with Crippen LogP contribution in [0.25, 0.3) is 10.2 Å². The molecule has 44 heavy (non-hydrogen) atoms. The number of rotatable bonds is 8. The molecule has 1 aliphatic carbocycles. The van der Waals surface area contributed by atoms with E-state index in [0.717, 1.165) is 24.3 Å². The standard InChI is InChI=1S/C28H29F6N5O4S/c29-27(30,31)17-1-8-24-22(13-17)36-25(44-24)15-37-9-11-38(12-10-37)26(40)16-43-20-5-2-18(3-6-20)35-19-4-7-23(39(41)42)21(14-19)28(32,33)34/h1,4,7-8,13-14,18,20,35H,2-3,5-6,9-12,15-16H2/t18-,20-. The summed E-state index contributed by atoms with van der Waals surface area (Å²) in [5.74, 6) is -0.143. The van der Waals surface area contributed by atoms with Gasteiger partial charge in [0.05, 0.1) is 33.4 Å². The lowest BCUT2D eigenvalue weighted by molar-refractivity contribution is -0.388. The molecular formula is C28H29F6N5O4S. The zero-order valence-electron chi connectivity index (χ0n) is 23.3. The van der Waals surface area contributed by atoms with Crippen molar-refractivity contribution in [3.8, 4) is 0 Å². The molecule has 0 spiro atoms. The number of hydrogen-bond donors (Lipinski definition) is 1. The number of thiazole rings is 1. The first-order chi connectivity index (χ1) is 20.8. The van der Waals surface area contributed by atoms with Gasteiger partial charge in [0, 0.05) is 44.0 Å². The first kappa shape index (κ1) is 31.9. The Morgan fingerprint density at radius 1 is 1.00 bits per heavy atom. The van der Waals surface area contributed by atoms with Gasteiger partial charge in [0.15, 0.2) is 0 Å². The van der Waals surface area contributed by atoms with Crippen LogP contribution in [0.4, 0.5) is 37.7 Å². The zero-order chi connectivity index (χ0) is 31.6. The van der Waals surface area contributed by atoms with Crippen molar-refractivity contribution in [2.24, 2.45) is 0 Å². The van der Waals surface area contributed by atoms with Gasteiger partial charge in [0.2, 0.25) is 5.91 Å². The van der Waals surface area contributed by atoms with E-state index < -0.39 is 34.1 Å². The highest BCUT2D eigenvalue weighted by Crippen LogP contribution is 2.38. The van der Waals surface area contributed by atoms with Crippen LogP contribution < -0.4 is 5.32 Å². The van der Waals surface area contributed by atoms with Gasteiger partial charge >= 0.3 is 12.4 Å². The summed E-state index contributed by atoms with van der Waals surface area (Å²) in [6, 6.07) is 6.28. The largest absolute Gasteiger partial charge is 0.423 e. The Balaban J connectivity index is 1.03. The van der Waals surface area contributed by atoms with Gasteiger partial charge in [0.25, 0.3) is 5.69 Å². The molecule has 0 radical (unpaired) electrons. The molecule has 16 heteroatoms. The van der Waals surface area contributed by atoms with Crippen LogP contribution in [0.15, 0.2) is 36.4 Å². The zero-order valence-corrected chi connectivity index (χ0v) is 24.1. The van der Waals surface area contributed by atoms with Crippen LogP contribution in [0.3, 0.4) is 0 Å². The van der Waals surface area contributed by atoms with Gasteiger partial charge in [-0.05, 0) is 56.0 Å². The second-order valence-electron chi connectivity index (χ2n) is 10.9. The number of nitro groups is 1. The van der Waals surface area contributed by atoms with E-state index >= 15 is 0 Å². The SMILES string of the molecule is O=C(CO[C@H]1CC[C@H](Nc2ccc([N+](=O)[O-])c(C(F)(F)F)c2)CC1)N1CCN(Cc2nc3cc(C(F)(F)F)ccc3s2)CC1. The summed E-state index contributed by atoms with van der Waals surface area (Å²) in [4.78, 5) is 30.9. The summed E-state index contributed by atoms with van der Waals surface area (Å²) in [6.07, 6.45) is -7.05. The van der Waals surface area contributed by atoms with E-state index in [2.05, 4.69) is 15.2 Å². The highest BCUT2D eigenvalue weighted by molar-refractivity contribution is 7.18. The molecule has 2 aromatic carbocycles. The lowest BCUT2D eigenvalue weighted by atomic mass is 9.92. The molecule has 1 saturated carbocycles. The van der Waals surface area contributed by atoms with Crippen molar-refractivity contribution < 1.29 is 40.8 Å². The van der Waals surface area contributed by atoms with Gasteiger partial charge in [-0.15, -0.1) is 11.3 Å². The minimum atomic E-state index is -4.85. The van der Waals surface area contributed by atoms with E-state index in [4.69, 9.17) is 4.74 Å². The number of piperazine rings is 1. The van der Waals surface area contributed by atoms with E-state index in [-0.39, 0.29) is 30.3 Å². The highest BCUT2D eigenvalue weighted by atomic mass is 32.1. The minimum Gasteiger partial charge on any atom is -0.382 e. The van der Waals surface area contributed by atoms with Crippen molar-refractivity contribution in [2.75, 3.05) is 38.1 Å². The van der Waals surface area contributed by atoms with E-state index in [1.165, 1.54) is 23.5 Å². The molecule has 3 aromatic rings. The maximum absolute atomic E-state index is 13.3. The predicted octanol–water partition coefficient (Wildman–Crippen LogP) is 6.33. The molecular weight excluding hydrogens is 616 g/mol. The fourth-order valence-electron chi connectivity index (χ4n) is 5.47. The molecule has 1 saturated heterocycles. The van der Waals surface area contributed by atoms with Crippen molar-refractivity contribution in [2.45, 2.75) is 56.7 Å². The lowest BCUT2D eigenvalue weighted by Gasteiger charge is -2.35. The van der Waals surface area contributed by atoms with Crippen LogP contribution in [-0.4, -0.2) is 70.5 Å². The van der Waals surface area contributed by atoms with Crippen LogP contribution in [0.5, 0.6) is 0 Å². The summed E-state index contributed by atoms with van der Waals surface area (Å²) < 4.78 is 85.3. The lowest BCUT2D eigenvalue weighted by Crippen LogP contribution is -2.49. The Bertz CT molecular complexity index is 1500. The molecule has 1 aromatic heterocycles. The number of nitrogens with one attached hydrogen (secondary N) is 1. The van der Waals surface area contributed by atoms with Crippen molar-refractivity contribution in [3.05, 3.63) is 62.6 Å². The van der Waals surface area contributed by atoms with E-state index in [1.807, 2.05) is 0 Å². The smallest absolute Gasteiger partial charge is 0.382 e. The van der Waals surface area contributed by atoms with E-state index in [1.54, 1.807) is 4.90 Å². The third-order valence-electron chi connectivity index (χ3n) is 7.83. The van der Waals surface area contributed by atoms with Gasteiger partial charge in [0.1, 0.15) is 17.2 Å². The molecule has 2 heterocycles. The number of nitrogens with zero attached hydrogens (tertiary/aromatic N) is 4. The Morgan fingerprint density at radius 2 is 1.70 bits per heavy atom. The monoisotopic (exact) mass is 645 g/mol. The minimum absolute atomic E-state index is 0.0839. The number of halogens is 6. The second kappa shape index (κ2) is 12.9. The maximum atomic E-state index is 13.3. The Labute approximate surface area is 251 Å². The number of nitro benzene ring substituents is 1. The van der Waals surface area contributed by atoms with Gasteiger partial charge < -0.3 is 15.0 Å². The van der Waals surface area contributed by atoms with Crippen LogP contribution in [0.2, 0.25) is 0 Å². The highest BCUT2D eigenvalue weighted by Gasteiger charge is 2.38. The first-order valence-electron chi connectivity index (χ1n) is 14.0. The number of carbonyl (C=O) groups excluding carboxylic acids is 1. The number of alkyl halides is 6. The van der Waals surface area contributed by atoms with Crippen LogP contribution in [0, 0.1) is 10.1 Å². The average molecular weight is 646 g/mol. The third-order valence-corrected chi connectivity index (χ3v) is 8.85. The summed E-state index contributed by atoms with van der Waals surface area (Å²) in [7, 11) is 0. The van der Waals surface area contributed by atoms with Crippen LogP contribution in [-0.2, 0) is 28.4 Å². The molecule has 1 amide bonds. The summed E-state index contributed by atoms with van der Waals surface area (Å²) in [5, 5.41) is 14.7. The van der Waals surface area contributed by atoms with E-state index in [0.29, 0.717) is 73.6 Å². The van der Waals surface area contributed by atoms with Gasteiger partial charge in [-0.25, -0.2) is 4.98 Å². The van der Waals surface area contributed by atoms with Crippen molar-refractivity contribution >= 4 is 38.8 Å². The third kappa shape index (κ3) is 7.77. The molecule has 1 N–H and O–H groups in total. The quantitative estimate of drug-likeness (QED) is 0.174. The number of amides is 1. The molecule has 0 bridgehead atoms. The number of anilines is 1. The molecule has 238 valence electrons. The molecule has 2 aliphatic rings. The molecule has 1 aliphatic heterocycles. The van der Waals surface area contributed by atoms with Gasteiger partial charge in [-0.3, -0.25) is 19.8 Å². The normalized spacial score (nSPS) is 20.2. The number of benzene rings is 2. The van der Waals surface area contributed by atoms with Gasteiger partial charge in [-0.1, -0.05) is 0 Å². The van der Waals surface area contributed by atoms with Crippen molar-refractivity contribution in [1.82, 2.24) is 14.8 Å². The predicted molar refractivity (Wildman–Crippen MR) is 150 cm³/mol. The number of aromatic nitrogens is 1. The molecule has 9 nitrogen and oxygen atoms in total. The summed E-state index contributed by atoms with van der Waals surface area (Å²) in [5.41, 5.74) is -2.56. The van der Waals surface area contributed by atoms with E-state index in [9.17, 15) is 41.3 Å². The number of fused-ring (bicyclic) bond motifs is 1. The van der Waals surface area contributed by atoms with Crippen LogP contribution in [0.1, 0.15) is 41.8 Å².